The maximum absolute atomic E-state index is 12.2. The molecule has 1 aliphatic rings. The predicted molar refractivity (Wildman–Crippen MR) is 96.6 cm³/mol. The Bertz CT molecular complexity index is 574. The zero-order valence-electron chi connectivity index (χ0n) is 14.1. The Balaban J connectivity index is 0.00000288. The minimum Gasteiger partial charge on any atom is -0.383 e. The number of anilines is 1. The fourth-order valence-electron chi connectivity index (χ4n) is 2.76. The molecule has 2 rings (SSSR count). The summed E-state index contributed by atoms with van der Waals surface area (Å²) in [5, 5.41) is 5.81. The SMILES string of the molecule is COCC(N)C(=O)Nc1ccc(C(=O)NC2CCCC2)cc1C.Cl. The molecule has 2 amide bonds. The number of methoxy groups -OCH3 is 1. The molecule has 24 heavy (non-hydrogen) atoms. The van der Waals surface area contributed by atoms with Crippen molar-refractivity contribution in [3.05, 3.63) is 29.3 Å². The lowest BCUT2D eigenvalue weighted by Crippen LogP contribution is -2.39. The summed E-state index contributed by atoms with van der Waals surface area (Å²) in [5.74, 6) is -0.368. The topological polar surface area (TPSA) is 93.4 Å². The van der Waals surface area contributed by atoms with Crippen molar-refractivity contribution >= 4 is 29.9 Å². The van der Waals surface area contributed by atoms with Gasteiger partial charge in [-0.1, -0.05) is 12.8 Å². The molecule has 0 bridgehead atoms. The Hall–Kier alpha value is -1.63. The van der Waals surface area contributed by atoms with Crippen molar-refractivity contribution in [3.8, 4) is 0 Å². The van der Waals surface area contributed by atoms with Crippen molar-refractivity contribution in [1.29, 1.82) is 0 Å². The average Bonchev–Trinajstić information content (AvgIpc) is 3.02. The smallest absolute Gasteiger partial charge is 0.251 e. The highest BCUT2D eigenvalue weighted by Crippen LogP contribution is 2.20. The summed E-state index contributed by atoms with van der Waals surface area (Å²) >= 11 is 0. The quantitative estimate of drug-likeness (QED) is 0.727. The molecule has 6 nitrogen and oxygen atoms in total. The van der Waals surface area contributed by atoms with E-state index in [0.29, 0.717) is 11.3 Å². The standard InChI is InChI=1S/C17H25N3O3.ClH/c1-11-9-12(16(21)19-13-5-3-4-6-13)7-8-15(11)20-17(22)14(18)10-23-2;/h7-9,13-14H,3-6,10,18H2,1-2H3,(H,19,21)(H,20,22);1H. The molecule has 1 fully saturated rings. The maximum atomic E-state index is 12.2. The average molecular weight is 356 g/mol. The molecule has 0 heterocycles. The number of aryl methyl sites for hydroxylation is 1. The van der Waals surface area contributed by atoms with E-state index in [-0.39, 0.29) is 36.9 Å². The second-order valence-corrected chi connectivity index (χ2v) is 6.04. The van der Waals surface area contributed by atoms with Gasteiger partial charge in [0.05, 0.1) is 6.61 Å². The number of hydrogen-bond acceptors (Lipinski definition) is 4. The molecule has 0 saturated heterocycles. The molecular formula is C17H26ClN3O3. The van der Waals surface area contributed by atoms with Crippen molar-refractivity contribution in [2.45, 2.75) is 44.7 Å². The number of ether oxygens (including phenoxy) is 1. The highest BCUT2D eigenvalue weighted by Gasteiger charge is 2.19. The van der Waals surface area contributed by atoms with Crippen LogP contribution in [0.5, 0.6) is 0 Å². The molecule has 0 aliphatic heterocycles. The number of hydrogen-bond donors (Lipinski definition) is 3. The molecule has 1 aromatic carbocycles. The van der Waals surface area contributed by atoms with Crippen LogP contribution in [0.15, 0.2) is 18.2 Å². The molecule has 1 aliphatic carbocycles. The van der Waals surface area contributed by atoms with Crippen molar-refractivity contribution in [3.63, 3.8) is 0 Å². The van der Waals surface area contributed by atoms with Crippen molar-refractivity contribution in [2.24, 2.45) is 5.73 Å². The number of carbonyl (C=O) groups is 2. The van der Waals surface area contributed by atoms with E-state index in [0.717, 1.165) is 18.4 Å². The molecule has 0 aromatic heterocycles. The van der Waals surface area contributed by atoms with Gasteiger partial charge in [0.25, 0.3) is 5.91 Å². The third kappa shape index (κ3) is 5.47. The molecule has 1 unspecified atom stereocenters. The van der Waals surface area contributed by atoms with E-state index >= 15 is 0 Å². The number of halogens is 1. The monoisotopic (exact) mass is 355 g/mol. The van der Waals surface area contributed by atoms with Gasteiger partial charge in [-0.25, -0.2) is 0 Å². The van der Waals surface area contributed by atoms with Gasteiger partial charge in [-0.05, 0) is 43.5 Å². The summed E-state index contributed by atoms with van der Waals surface area (Å²) in [7, 11) is 1.50. The van der Waals surface area contributed by atoms with Crippen molar-refractivity contribution in [2.75, 3.05) is 19.0 Å². The molecule has 4 N–H and O–H groups in total. The Labute approximate surface area is 148 Å². The van der Waals surface area contributed by atoms with E-state index in [9.17, 15) is 9.59 Å². The number of nitrogens with two attached hydrogens (primary N) is 1. The highest BCUT2D eigenvalue weighted by molar-refractivity contribution is 5.98. The highest BCUT2D eigenvalue weighted by atomic mass is 35.5. The number of rotatable bonds is 6. The van der Waals surface area contributed by atoms with Gasteiger partial charge in [0, 0.05) is 24.4 Å². The van der Waals surface area contributed by atoms with E-state index in [2.05, 4.69) is 10.6 Å². The molecule has 134 valence electrons. The van der Waals surface area contributed by atoms with Gasteiger partial charge in [0.2, 0.25) is 5.91 Å². The second kappa shape index (κ2) is 9.61. The fraction of sp³-hybridized carbons (Fsp3) is 0.529. The van der Waals surface area contributed by atoms with Gasteiger partial charge in [-0.2, -0.15) is 0 Å². The normalized spacial score (nSPS) is 15.5. The van der Waals surface area contributed by atoms with Gasteiger partial charge in [-0.3, -0.25) is 9.59 Å². The van der Waals surface area contributed by atoms with E-state index in [1.54, 1.807) is 18.2 Å². The van der Waals surface area contributed by atoms with Crippen LogP contribution < -0.4 is 16.4 Å². The molecule has 1 aromatic rings. The van der Waals surface area contributed by atoms with Crippen LogP contribution >= 0.6 is 12.4 Å². The molecule has 7 heteroatoms. The number of carbonyl (C=O) groups excluding carboxylic acids is 2. The van der Waals surface area contributed by atoms with Crippen LogP contribution in [0.25, 0.3) is 0 Å². The van der Waals surface area contributed by atoms with Crippen LogP contribution in [0.2, 0.25) is 0 Å². The number of nitrogens with one attached hydrogen (secondary N) is 2. The van der Waals surface area contributed by atoms with E-state index in [1.165, 1.54) is 20.0 Å². The first-order valence-corrected chi connectivity index (χ1v) is 7.98. The Morgan fingerprint density at radius 2 is 2.00 bits per heavy atom. The summed E-state index contributed by atoms with van der Waals surface area (Å²) in [6, 6.07) is 4.80. The lowest BCUT2D eigenvalue weighted by Gasteiger charge is -2.15. The van der Waals surface area contributed by atoms with E-state index in [1.807, 2.05) is 6.92 Å². The van der Waals surface area contributed by atoms with E-state index in [4.69, 9.17) is 10.5 Å². The maximum Gasteiger partial charge on any atom is 0.251 e. The third-order valence-corrected chi connectivity index (χ3v) is 4.12. The summed E-state index contributed by atoms with van der Waals surface area (Å²) in [5.41, 5.74) is 7.77. The van der Waals surface area contributed by atoms with Gasteiger partial charge in [0.1, 0.15) is 6.04 Å². The van der Waals surface area contributed by atoms with Gasteiger partial charge >= 0.3 is 0 Å². The van der Waals surface area contributed by atoms with E-state index < -0.39 is 6.04 Å². The fourth-order valence-corrected chi connectivity index (χ4v) is 2.76. The largest absolute Gasteiger partial charge is 0.383 e. The summed E-state index contributed by atoms with van der Waals surface area (Å²) in [4.78, 5) is 24.2. The molecule has 0 spiro atoms. The first kappa shape index (κ1) is 20.4. The van der Waals surface area contributed by atoms with Gasteiger partial charge in [0.15, 0.2) is 0 Å². The first-order valence-electron chi connectivity index (χ1n) is 7.98. The van der Waals surface area contributed by atoms with Gasteiger partial charge in [-0.15, -0.1) is 12.4 Å². The first-order chi connectivity index (χ1) is 11.0. The summed E-state index contributed by atoms with van der Waals surface area (Å²) < 4.78 is 4.87. The molecule has 1 atom stereocenters. The zero-order valence-corrected chi connectivity index (χ0v) is 14.9. The van der Waals surface area contributed by atoms with Crippen molar-refractivity contribution < 1.29 is 14.3 Å². The molecule has 0 radical (unpaired) electrons. The summed E-state index contributed by atoms with van der Waals surface area (Å²) in [6.45, 7) is 2.01. The molecule has 1 saturated carbocycles. The Kier molecular flexibility index (Phi) is 8.18. The van der Waals surface area contributed by atoms with Crippen LogP contribution in [0, 0.1) is 6.92 Å². The van der Waals surface area contributed by atoms with Crippen LogP contribution in [0.4, 0.5) is 5.69 Å². The number of amides is 2. The third-order valence-electron chi connectivity index (χ3n) is 4.12. The van der Waals surface area contributed by atoms with Crippen LogP contribution in [0.3, 0.4) is 0 Å². The minimum atomic E-state index is -0.718. The Morgan fingerprint density at radius 3 is 2.58 bits per heavy atom. The van der Waals surface area contributed by atoms with Gasteiger partial charge < -0.3 is 21.1 Å². The number of benzene rings is 1. The van der Waals surface area contributed by atoms with Crippen LogP contribution in [0.1, 0.15) is 41.6 Å². The predicted octanol–water partition coefficient (Wildman–Crippen LogP) is 2.00. The van der Waals surface area contributed by atoms with Crippen molar-refractivity contribution in [1.82, 2.24) is 5.32 Å². The van der Waals surface area contributed by atoms with Crippen LogP contribution in [-0.2, 0) is 9.53 Å². The Morgan fingerprint density at radius 1 is 1.33 bits per heavy atom. The van der Waals surface area contributed by atoms with Crippen LogP contribution in [-0.4, -0.2) is 37.6 Å². The molecular weight excluding hydrogens is 330 g/mol. The summed E-state index contributed by atoms with van der Waals surface area (Å²) in [6.07, 6.45) is 4.46. The second-order valence-electron chi connectivity index (χ2n) is 6.04. The zero-order chi connectivity index (χ0) is 16.8. The lowest BCUT2D eigenvalue weighted by molar-refractivity contribution is -0.118. The minimum absolute atomic E-state index is 0. The lowest BCUT2D eigenvalue weighted by atomic mass is 10.1.